The molecule has 84 heavy (non-hydrogen) atoms. The second kappa shape index (κ2) is 20.9. The average Bonchev–Trinajstić information content (AvgIpc) is 1.23. The maximum absolute atomic E-state index is 13.6. The van der Waals surface area contributed by atoms with Gasteiger partial charge in [-0.05, 0) is 60.7 Å². The Bertz CT molecular complexity index is 4730. The fourth-order valence-corrected chi connectivity index (χ4v) is 10.2. The number of non-ortho nitro benzene ring substituents is 2. The first-order valence-electron chi connectivity index (χ1n) is 24.4. The number of ether oxygens (including phenoxy) is 2. The number of hydrogen-bond donors (Lipinski definition) is 4. The van der Waals surface area contributed by atoms with Gasteiger partial charge < -0.3 is 29.9 Å². The van der Waals surface area contributed by atoms with E-state index >= 15 is 0 Å². The highest BCUT2D eigenvalue weighted by Gasteiger charge is 2.31. The number of nitro benzene ring substituents is 2. The number of nitro groups is 2. The molecule has 0 amide bonds. The molecule has 0 bridgehead atoms. The predicted octanol–water partition coefficient (Wildman–Crippen LogP) is 10.8. The summed E-state index contributed by atoms with van der Waals surface area (Å²) in [6, 6.07) is 30.6. The van der Waals surface area contributed by atoms with E-state index in [1.54, 1.807) is 60.9 Å². The second-order valence-corrected chi connectivity index (χ2v) is 18.4. The van der Waals surface area contributed by atoms with Gasteiger partial charge in [0.25, 0.3) is 11.4 Å². The highest BCUT2D eigenvalue weighted by atomic mass is 16.6. The minimum absolute atomic E-state index is 0.0772. The number of aromatic carboxylic acids is 4. The zero-order valence-electron chi connectivity index (χ0n) is 42.2. The highest BCUT2D eigenvalue weighted by molar-refractivity contribution is 6.26. The second-order valence-electron chi connectivity index (χ2n) is 18.4. The Hall–Kier alpha value is -12.6. The Balaban J connectivity index is 0.000000177. The third-order valence-electron chi connectivity index (χ3n) is 13.6. The van der Waals surface area contributed by atoms with Crippen molar-refractivity contribution < 1.29 is 78.1 Å². The van der Waals surface area contributed by atoms with Gasteiger partial charge in [0, 0.05) is 114 Å². The number of fused-ring (bicyclic) bond motifs is 12. The summed E-state index contributed by atoms with van der Waals surface area (Å²) in [4.78, 5) is 142. The van der Waals surface area contributed by atoms with Crippen molar-refractivity contribution in [2.75, 3.05) is 0 Å². The topological polar surface area (TPSA) is 374 Å². The van der Waals surface area contributed by atoms with Crippen LogP contribution < -0.4 is 0 Å². The molecular weight excluding hydrogens is 1090 g/mol. The SMILES string of the molecule is O=C(O)c1cc2cccnc2c2cc([N+](=O)[O-])cc(C(=O)OC(=O)c3cc([N+](=O)[O-])cc4c3c(C(=O)O)cc3cccnc34)c12.O=C(O)c1cc2cccnc2c2cccc(C(=O)OC(=O)c3cccc4c3c(C(=O)O)cc3cccnc34)c12. The Labute approximate surface area is 465 Å². The summed E-state index contributed by atoms with van der Waals surface area (Å²) < 4.78 is 10.3. The van der Waals surface area contributed by atoms with E-state index in [1.807, 2.05) is 0 Å². The first-order chi connectivity index (χ1) is 40.3. The molecule has 8 aromatic carbocycles. The zero-order chi connectivity index (χ0) is 59.4. The first-order valence-corrected chi connectivity index (χ1v) is 24.4. The van der Waals surface area contributed by atoms with E-state index < -0.39 is 91.2 Å². The molecule has 0 saturated heterocycles. The molecule has 12 rings (SSSR count). The molecule has 4 N–H and O–H groups in total. The van der Waals surface area contributed by atoms with E-state index in [9.17, 15) is 79.0 Å². The van der Waals surface area contributed by atoms with Gasteiger partial charge in [0.05, 0.1) is 76.4 Å². The van der Waals surface area contributed by atoms with Crippen molar-refractivity contribution in [2.24, 2.45) is 0 Å². The fraction of sp³-hybridized carbons (Fsp3) is 0. The van der Waals surface area contributed by atoms with Crippen LogP contribution in [0.5, 0.6) is 0 Å². The molecule has 4 aromatic heterocycles. The molecule has 0 radical (unpaired) electrons. The Morgan fingerprint density at radius 2 is 0.607 bits per heavy atom. The highest BCUT2D eigenvalue weighted by Crippen LogP contribution is 2.38. The Kier molecular flexibility index (Phi) is 13.3. The lowest BCUT2D eigenvalue weighted by atomic mass is 9.94. The lowest BCUT2D eigenvalue weighted by Gasteiger charge is -2.13. The van der Waals surface area contributed by atoms with Crippen molar-refractivity contribution in [1.29, 1.82) is 0 Å². The van der Waals surface area contributed by atoms with Crippen LogP contribution in [0.4, 0.5) is 11.4 Å². The maximum atomic E-state index is 13.6. The molecule has 0 aliphatic carbocycles. The lowest BCUT2D eigenvalue weighted by molar-refractivity contribution is -0.384. The van der Waals surface area contributed by atoms with Crippen LogP contribution in [0, 0.1) is 20.2 Å². The molecule has 24 nitrogen and oxygen atoms in total. The van der Waals surface area contributed by atoms with Crippen LogP contribution in [-0.2, 0) is 9.47 Å². The standard InChI is InChI=1S/C30H14N4O11.C30H16N2O7/c35-27(36)19-7-13-3-1-5-31-25(13)17-9-15(33(41)42)11-21(23(17)19)29(39)45-30(40)22-12-16(34(43)44)10-18-24(22)20(28(37)38)8-14-4-2-6-32-26(14)18;33-27(34)21-13-15-5-3-11-31-25(15)17-7-1-9-19(23(17)21)29(37)39-30(38)20-10-2-8-18-24(20)22(28(35)36)14-16-6-4-12-32-26(16)18/h1-12H,(H,35,36)(H,37,38);1-14H,(H,33,34)(H,35,36). The Morgan fingerprint density at radius 3 is 0.893 bits per heavy atom. The van der Waals surface area contributed by atoms with Gasteiger partial charge in [-0.2, -0.15) is 0 Å². The van der Waals surface area contributed by atoms with Gasteiger partial charge in [0.1, 0.15) is 0 Å². The number of carboxylic acid groups (broad SMARTS) is 4. The molecule has 12 aromatic rings. The van der Waals surface area contributed by atoms with Crippen LogP contribution in [0.1, 0.15) is 82.9 Å². The summed E-state index contributed by atoms with van der Waals surface area (Å²) in [7, 11) is 0. The zero-order valence-corrected chi connectivity index (χ0v) is 42.2. The van der Waals surface area contributed by atoms with E-state index in [0.29, 0.717) is 43.4 Å². The van der Waals surface area contributed by atoms with E-state index in [4.69, 9.17) is 9.47 Å². The van der Waals surface area contributed by atoms with Crippen molar-refractivity contribution in [3.8, 4) is 0 Å². The molecule has 4 heterocycles. The van der Waals surface area contributed by atoms with Crippen molar-refractivity contribution in [3.63, 3.8) is 0 Å². The summed E-state index contributed by atoms with van der Waals surface area (Å²) in [6.07, 6.45) is 5.81. The monoisotopic (exact) mass is 1120 g/mol. The number of rotatable bonds is 10. The van der Waals surface area contributed by atoms with E-state index in [0.717, 1.165) is 24.3 Å². The molecule has 0 aliphatic rings. The smallest absolute Gasteiger partial charge is 0.346 e. The number of carboxylic acids is 4. The number of aromatic nitrogens is 4. The summed E-state index contributed by atoms with van der Waals surface area (Å²) >= 11 is 0. The average molecular weight is 1120 g/mol. The van der Waals surface area contributed by atoms with Gasteiger partial charge in [0.2, 0.25) is 0 Å². The number of carbonyl (C=O) groups is 8. The molecule has 0 unspecified atom stereocenters. The largest absolute Gasteiger partial charge is 0.478 e. The normalized spacial score (nSPS) is 11.1. The molecule has 0 atom stereocenters. The summed E-state index contributed by atoms with van der Waals surface area (Å²) in [5, 5.41) is 65.2. The van der Waals surface area contributed by atoms with Crippen LogP contribution >= 0.6 is 0 Å². The third kappa shape index (κ3) is 9.25. The summed E-state index contributed by atoms with van der Waals surface area (Å²) in [6.45, 7) is 0. The number of hydrogen-bond acceptors (Lipinski definition) is 18. The van der Waals surface area contributed by atoms with Crippen LogP contribution in [0.25, 0.3) is 86.7 Å². The molecule has 408 valence electrons. The van der Waals surface area contributed by atoms with E-state index in [2.05, 4.69) is 19.9 Å². The number of carbonyl (C=O) groups excluding carboxylic acids is 4. The van der Waals surface area contributed by atoms with Crippen molar-refractivity contribution in [1.82, 2.24) is 19.9 Å². The quantitative estimate of drug-likeness (QED) is 0.0325. The predicted molar refractivity (Wildman–Crippen MR) is 298 cm³/mol. The minimum atomic E-state index is -1.54. The van der Waals surface area contributed by atoms with Gasteiger partial charge >= 0.3 is 47.8 Å². The van der Waals surface area contributed by atoms with Gasteiger partial charge in [-0.15, -0.1) is 0 Å². The molecule has 0 aliphatic heterocycles. The first kappa shape index (κ1) is 53.4. The lowest BCUT2D eigenvalue weighted by Crippen LogP contribution is -2.16. The fourth-order valence-electron chi connectivity index (χ4n) is 10.2. The van der Waals surface area contributed by atoms with Gasteiger partial charge in [-0.1, -0.05) is 48.5 Å². The number of esters is 4. The number of pyridine rings is 4. The maximum Gasteiger partial charge on any atom is 0.346 e. The Morgan fingerprint density at radius 1 is 0.333 bits per heavy atom. The molecule has 0 fully saturated rings. The minimum Gasteiger partial charge on any atom is -0.478 e. The number of benzene rings is 8. The van der Waals surface area contributed by atoms with Crippen LogP contribution in [0.3, 0.4) is 0 Å². The van der Waals surface area contributed by atoms with Gasteiger partial charge in [-0.3, -0.25) is 40.2 Å². The summed E-state index contributed by atoms with van der Waals surface area (Å²) in [5.41, 5.74) is -2.94. The molecule has 0 saturated carbocycles. The van der Waals surface area contributed by atoms with Crippen LogP contribution in [-0.4, -0.2) is 98.0 Å². The van der Waals surface area contributed by atoms with Crippen LogP contribution in [0.15, 0.2) is 158 Å². The van der Waals surface area contributed by atoms with Crippen molar-refractivity contribution >= 4 is 146 Å². The van der Waals surface area contributed by atoms with E-state index in [1.165, 1.54) is 73.1 Å². The van der Waals surface area contributed by atoms with Gasteiger partial charge in [-0.25, -0.2) is 38.4 Å². The van der Waals surface area contributed by atoms with Gasteiger partial charge in [0.15, 0.2) is 0 Å². The molecule has 24 heteroatoms. The van der Waals surface area contributed by atoms with E-state index in [-0.39, 0.29) is 65.6 Å². The summed E-state index contributed by atoms with van der Waals surface area (Å²) in [5.74, 6) is -10.8. The van der Waals surface area contributed by atoms with Crippen LogP contribution in [0.2, 0.25) is 0 Å². The van der Waals surface area contributed by atoms with Crippen molar-refractivity contribution in [2.45, 2.75) is 0 Å². The number of nitrogens with zero attached hydrogens (tertiary/aromatic N) is 6. The third-order valence-corrected chi connectivity index (χ3v) is 13.6. The van der Waals surface area contributed by atoms with Crippen molar-refractivity contribution in [3.05, 3.63) is 223 Å². The molecule has 0 spiro atoms. The molecular formula is C60H30N6O18.